The lowest BCUT2D eigenvalue weighted by Gasteiger charge is -2.26. The monoisotopic (exact) mass is 319 g/mol. The number of likely N-dealkylation sites (tertiary alicyclic amines) is 1. The molecule has 0 aliphatic carbocycles. The summed E-state index contributed by atoms with van der Waals surface area (Å²) in [7, 11) is 0. The number of piperidine rings is 1. The SMILES string of the molecule is CC(C)[C@H](N)C(=O)Nc1ccc(OCCN2CCCCC2)cc1. The van der Waals surface area contributed by atoms with Crippen molar-refractivity contribution in [1.82, 2.24) is 4.90 Å². The smallest absolute Gasteiger partial charge is 0.241 e. The van der Waals surface area contributed by atoms with Crippen molar-refractivity contribution in [3.05, 3.63) is 24.3 Å². The lowest BCUT2D eigenvalue weighted by Crippen LogP contribution is -2.39. The summed E-state index contributed by atoms with van der Waals surface area (Å²) >= 11 is 0. The molecule has 3 N–H and O–H groups in total. The van der Waals surface area contributed by atoms with Gasteiger partial charge < -0.3 is 15.8 Å². The highest BCUT2D eigenvalue weighted by molar-refractivity contribution is 5.94. The van der Waals surface area contributed by atoms with E-state index in [-0.39, 0.29) is 11.8 Å². The van der Waals surface area contributed by atoms with Crippen LogP contribution in [0, 0.1) is 5.92 Å². The predicted octanol–water partition coefficient (Wildman–Crippen LogP) is 2.47. The topological polar surface area (TPSA) is 67.6 Å². The van der Waals surface area contributed by atoms with E-state index < -0.39 is 6.04 Å². The Labute approximate surface area is 139 Å². The van der Waals surface area contributed by atoms with Gasteiger partial charge in [-0.25, -0.2) is 0 Å². The molecule has 1 aliphatic heterocycles. The summed E-state index contributed by atoms with van der Waals surface area (Å²) in [5, 5.41) is 2.83. The van der Waals surface area contributed by atoms with Crippen molar-refractivity contribution in [2.45, 2.75) is 39.2 Å². The van der Waals surface area contributed by atoms with Crippen LogP contribution in [0.2, 0.25) is 0 Å². The standard InChI is InChI=1S/C18H29N3O2/c1-14(2)17(19)18(22)20-15-6-8-16(9-7-15)23-13-12-21-10-4-3-5-11-21/h6-9,14,17H,3-5,10-13,19H2,1-2H3,(H,20,22)/t17-/m0/s1. The molecule has 1 amide bonds. The van der Waals surface area contributed by atoms with Gasteiger partial charge in [0, 0.05) is 12.2 Å². The third-order valence-corrected chi connectivity index (χ3v) is 4.27. The summed E-state index contributed by atoms with van der Waals surface area (Å²) in [6, 6.07) is 6.97. The Morgan fingerprint density at radius 1 is 1.22 bits per heavy atom. The van der Waals surface area contributed by atoms with E-state index in [1.54, 1.807) is 0 Å². The van der Waals surface area contributed by atoms with Crippen molar-refractivity contribution in [3.63, 3.8) is 0 Å². The van der Waals surface area contributed by atoms with Crippen LogP contribution >= 0.6 is 0 Å². The predicted molar refractivity (Wildman–Crippen MR) is 93.7 cm³/mol. The van der Waals surface area contributed by atoms with E-state index >= 15 is 0 Å². The second-order valence-electron chi connectivity index (χ2n) is 6.53. The number of rotatable bonds is 7. The van der Waals surface area contributed by atoms with Crippen molar-refractivity contribution in [3.8, 4) is 5.75 Å². The molecule has 1 atom stereocenters. The largest absolute Gasteiger partial charge is 0.492 e. The summed E-state index contributed by atoms with van der Waals surface area (Å²) in [5.74, 6) is 0.791. The first-order valence-corrected chi connectivity index (χ1v) is 8.58. The molecule has 1 aromatic carbocycles. The van der Waals surface area contributed by atoms with Gasteiger partial charge in [0.2, 0.25) is 5.91 Å². The molecule has 0 spiro atoms. The van der Waals surface area contributed by atoms with Crippen LogP contribution in [0.25, 0.3) is 0 Å². The van der Waals surface area contributed by atoms with Crippen LogP contribution in [0.15, 0.2) is 24.3 Å². The highest BCUT2D eigenvalue weighted by atomic mass is 16.5. The molecule has 23 heavy (non-hydrogen) atoms. The number of nitrogens with one attached hydrogen (secondary N) is 1. The van der Waals surface area contributed by atoms with Gasteiger partial charge in [-0.1, -0.05) is 20.3 Å². The zero-order chi connectivity index (χ0) is 16.7. The number of nitrogens with two attached hydrogens (primary N) is 1. The maximum absolute atomic E-state index is 11.9. The molecule has 1 fully saturated rings. The lowest BCUT2D eigenvalue weighted by molar-refractivity contribution is -0.118. The fourth-order valence-corrected chi connectivity index (χ4v) is 2.64. The van der Waals surface area contributed by atoms with E-state index in [0.29, 0.717) is 6.61 Å². The Balaban J connectivity index is 1.74. The molecule has 1 aromatic rings. The zero-order valence-corrected chi connectivity index (χ0v) is 14.3. The highest BCUT2D eigenvalue weighted by Gasteiger charge is 2.17. The number of carbonyl (C=O) groups is 1. The average molecular weight is 319 g/mol. The van der Waals surface area contributed by atoms with Crippen molar-refractivity contribution < 1.29 is 9.53 Å². The van der Waals surface area contributed by atoms with Crippen LogP contribution in [-0.4, -0.2) is 43.1 Å². The van der Waals surface area contributed by atoms with Gasteiger partial charge in [0.05, 0.1) is 6.04 Å². The quantitative estimate of drug-likeness (QED) is 0.810. The molecule has 1 aliphatic rings. The summed E-state index contributed by atoms with van der Waals surface area (Å²) in [4.78, 5) is 14.4. The molecule has 1 heterocycles. The number of hydrogen-bond donors (Lipinski definition) is 2. The molecule has 128 valence electrons. The van der Waals surface area contributed by atoms with Crippen LogP contribution in [0.4, 0.5) is 5.69 Å². The number of amides is 1. The highest BCUT2D eigenvalue weighted by Crippen LogP contribution is 2.16. The van der Waals surface area contributed by atoms with Crippen LogP contribution in [-0.2, 0) is 4.79 Å². The van der Waals surface area contributed by atoms with Gasteiger partial charge in [0.25, 0.3) is 0 Å². The molecule has 0 saturated carbocycles. The minimum Gasteiger partial charge on any atom is -0.492 e. The first kappa shape index (κ1) is 17.8. The number of anilines is 1. The van der Waals surface area contributed by atoms with E-state index in [1.165, 1.54) is 32.4 Å². The Morgan fingerprint density at radius 2 is 1.87 bits per heavy atom. The summed E-state index contributed by atoms with van der Waals surface area (Å²) in [5.41, 5.74) is 6.58. The van der Waals surface area contributed by atoms with Gasteiger partial charge in [-0.2, -0.15) is 0 Å². The van der Waals surface area contributed by atoms with Crippen LogP contribution in [0.1, 0.15) is 33.1 Å². The molecule has 1 saturated heterocycles. The third kappa shape index (κ3) is 5.84. The fraction of sp³-hybridized carbons (Fsp3) is 0.611. The maximum Gasteiger partial charge on any atom is 0.241 e. The summed E-state index contributed by atoms with van der Waals surface area (Å²) in [6.07, 6.45) is 3.95. The maximum atomic E-state index is 11.9. The van der Waals surface area contributed by atoms with E-state index in [1.807, 2.05) is 38.1 Å². The third-order valence-electron chi connectivity index (χ3n) is 4.27. The molecule has 5 nitrogen and oxygen atoms in total. The van der Waals surface area contributed by atoms with Crippen LogP contribution < -0.4 is 15.8 Å². The zero-order valence-electron chi connectivity index (χ0n) is 14.3. The van der Waals surface area contributed by atoms with E-state index in [0.717, 1.165) is 18.0 Å². The van der Waals surface area contributed by atoms with E-state index in [4.69, 9.17) is 10.5 Å². The number of benzene rings is 1. The van der Waals surface area contributed by atoms with Crippen molar-refractivity contribution >= 4 is 11.6 Å². The molecular weight excluding hydrogens is 290 g/mol. The molecule has 0 aromatic heterocycles. The lowest BCUT2D eigenvalue weighted by atomic mass is 10.1. The molecular formula is C18H29N3O2. The molecule has 2 rings (SSSR count). The van der Waals surface area contributed by atoms with Crippen molar-refractivity contribution in [1.29, 1.82) is 0 Å². The fourth-order valence-electron chi connectivity index (χ4n) is 2.64. The summed E-state index contributed by atoms with van der Waals surface area (Å²) in [6.45, 7) is 7.91. The first-order chi connectivity index (χ1) is 11.1. The van der Waals surface area contributed by atoms with Crippen LogP contribution in [0.3, 0.4) is 0 Å². The Morgan fingerprint density at radius 3 is 2.48 bits per heavy atom. The normalized spacial score (nSPS) is 17.0. The number of hydrogen-bond acceptors (Lipinski definition) is 4. The van der Waals surface area contributed by atoms with Gasteiger partial charge >= 0.3 is 0 Å². The van der Waals surface area contributed by atoms with Gasteiger partial charge in [-0.15, -0.1) is 0 Å². The Hall–Kier alpha value is -1.59. The number of nitrogens with zero attached hydrogens (tertiary/aromatic N) is 1. The Bertz CT molecular complexity index is 482. The minimum absolute atomic E-state index is 0.118. The van der Waals surface area contributed by atoms with Gasteiger partial charge in [0.15, 0.2) is 0 Å². The van der Waals surface area contributed by atoms with Gasteiger partial charge in [-0.05, 0) is 56.1 Å². The minimum atomic E-state index is -0.490. The van der Waals surface area contributed by atoms with E-state index in [2.05, 4.69) is 10.2 Å². The van der Waals surface area contributed by atoms with Gasteiger partial charge in [-0.3, -0.25) is 9.69 Å². The second-order valence-corrected chi connectivity index (χ2v) is 6.53. The number of carbonyl (C=O) groups excluding carboxylic acids is 1. The van der Waals surface area contributed by atoms with Gasteiger partial charge in [0.1, 0.15) is 12.4 Å². The first-order valence-electron chi connectivity index (χ1n) is 8.58. The molecule has 0 radical (unpaired) electrons. The number of ether oxygens (including phenoxy) is 1. The molecule has 5 heteroatoms. The average Bonchev–Trinajstić information content (AvgIpc) is 2.56. The van der Waals surface area contributed by atoms with Crippen LogP contribution in [0.5, 0.6) is 5.75 Å². The van der Waals surface area contributed by atoms with Crippen molar-refractivity contribution in [2.75, 3.05) is 31.6 Å². The molecule has 0 unspecified atom stereocenters. The molecule has 0 bridgehead atoms. The van der Waals surface area contributed by atoms with E-state index in [9.17, 15) is 4.79 Å². The second kappa shape index (κ2) is 8.89. The van der Waals surface area contributed by atoms with Crippen molar-refractivity contribution in [2.24, 2.45) is 11.7 Å². The Kier molecular flexibility index (Phi) is 6.86. The summed E-state index contributed by atoms with van der Waals surface area (Å²) < 4.78 is 5.78.